The van der Waals surface area contributed by atoms with E-state index in [1.54, 1.807) is 0 Å². The molecule has 0 saturated heterocycles. The Morgan fingerprint density at radius 1 is 0.276 bits per heavy atom. The maximum atomic E-state index is 2.24. The van der Waals surface area contributed by atoms with Gasteiger partial charge in [-0.1, -0.05) is 97.1 Å². The molecule has 0 aromatic heterocycles. The summed E-state index contributed by atoms with van der Waals surface area (Å²) in [6.45, 7) is 0. The predicted molar refractivity (Wildman–Crippen MR) is 124 cm³/mol. The van der Waals surface area contributed by atoms with Gasteiger partial charge in [-0.3, -0.25) is 0 Å². The van der Waals surface area contributed by atoms with Crippen molar-refractivity contribution in [1.82, 2.24) is 0 Å². The Morgan fingerprint density at radius 2 is 0.414 bits per heavy atom. The van der Waals surface area contributed by atoms with Crippen molar-refractivity contribution in [3.8, 4) is 0 Å². The van der Waals surface area contributed by atoms with Crippen LogP contribution >= 0.6 is 0 Å². The second kappa shape index (κ2) is 8.54. The molecular formula is C28H21Li. The van der Waals surface area contributed by atoms with Crippen molar-refractivity contribution in [1.29, 1.82) is 0 Å². The molecule has 29 heavy (non-hydrogen) atoms. The van der Waals surface area contributed by atoms with Crippen LogP contribution in [0.15, 0.2) is 121 Å². The third kappa shape index (κ3) is 4.05. The Hall–Kier alpha value is -3.04. The summed E-state index contributed by atoms with van der Waals surface area (Å²) >= 11 is 0. The molecule has 0 heterocycles. The molecule has 6 rings (SSSR count). The summed E-state index contributed by atoms with van der Waals surface area (Å²) in [6.07, 6.45) is 0. The average molecular weight is 364 g/mol. The van der Waals surface area contributed by atoms with Gasteiger partial charge in [0.2, 0.25) is 0 Å². The molecule has 134 valence electrons. The molecule has 0 spiro atoms. The standard InChI is InChI=1S/2C14H10.Li.H/c2*1-2-6-12-10-14-8-4-3-7-13(14)9-11(12)5-1;;/h2*1-10H;;/q;;+1;-1. The molecule has 1 heteroatoms. The van der Waals surface area contributed by atoms with Crippen LogP contribution in [0.5, 0.6) is 0 Å². The van der Waals surface area contributed by atoms with Crippen LogP contribution in [0.1, 0.15) is 1.43 Å². The average Bonchev–Trinajstić information content (AvgIpc) is 2.76. The first kappa shape index (κ1) is 19.3. The van der Waals surface area contributed by atoms with Crippen LogP contribution in [0.25, 0.3) is 43.1 Å². The van der Waals surface area contributed by atoms with Gasteiger partial charge in [0.1, 0.15) is 0 Å². The molecule has 0 fully saturated rings. The summed E-state index contributed by atoms with van der Waals surface area (Å²) in [4.78, 5) is 0. The minimum absolute atomic E-state index is 0. The van der Waals surface area contributed by atoms with E-state index in [4.69, 9.17) is 0 Å². The van der Waals surface area contributed by atoms with E-state index >= 15 is 0 Å². The van der Waals surface area contributed by atoms with Gasteiger partial charge in [0, 0.05) is 0 Å². The normalized spacial score (nSPS) is 10.5. The first-order valence-electron chi connectivity index (χ1n) is 9.62. The van der Waals surface area contributed by atoms with Crippen molar-refractivity contribution in [2.75, 3.05) is 0 Å². The van der Waals surface area contributed by atoms with Gasteiger partial charge in [0.15, 0.2) is 0 Å². The second-order valence-corrected chi connectivity index (χ2v) is 7.09. The van der Waals surface area contributed by atoms with E-state index in [0.29, 0.717) is 0 Å². The van der Waals surface area contributed by atoms with Crippen LogP contribution in [-0.2, 0) is 0 Å². The van der Waals surface area contributed by atoms with Crippen molar-refractivity contribution in [3.63, 3.8) is 0 Å². The first-order chi connectivity index (χ1) is 13.9. The summed E-state index contributed by atoms with van der Waals surface area (Å²) in [5, 5.41) is 10.5. The third-order valence-electron chi connectivity index (χ3n) is 5.23. The summed E-state index contributed by atoms with van der Waals surface area (Å²) in [5.41, 5.74) is 0. The van der Waals surface area contributed by atoms with Crippen LogP contribution in [0, 0.1) is 0 Å². The van der Waals surface area contributed by atoms with Crippen molar-refractivity contribution in [2.24, 2.45) is 0 Å². The van der Waals surface area contributed by atoms with Crippen LogP contribution in [0.4, 0.5) is 0 Å². The van der Waals surface area contributed by atoms with Gasteiger partial charge in [-0.2, -0.15) is 0 Å². The van der Waals surface area contributed by atoms with E-state index in [1.807, 2.05) is 0 Å². The maximum absolute atomic E-state index is 2.24. The third-order valence-corrected chi connectivity index (χ3v) is 5.23. The monoisotopic (exact) mass is 364 g/mol. The van der Waals surface area contributed by atoms with Gasteiger partial charge in [-0.25, -0.2) is 0 Å². The van der Waals surface area contributed by atoms with Crippen molar-refractivity contribution < 1.29 is 20.3 Å². The minimum Gasteiger partial charge on any atom is -1.00 e. The number of hydrogen-bond donors (Lipinski definition) is 0. The van der Waals surface area contributed by atoms with Gasteiger partial charge >= 0.3 is 18.9 Å². The predicted octanol–water partition coefficient (Wildman–Crippen LogP) is 5.10. The molecule has 0 N–H and O–H groups in total. The van der Waals surface area contributed by atoms with Gasteiger partial charge < -0.3 is 1.43 Å². The molecule has 0 aliphatic rings. The van der Waals surface area contributed by atoms with E-state index in [0.717, 1.165) is 0 Å². The Labute approximate surface area is 184 Å². The van der Waals surface area contributed by atoms with E-state index in [9.17, 15) is 0 Å². The molecule has 6 aromatic rings. The summed E-state index contributed by atoms with van der Waals surface area (Å²) in [5.74, 6) is 0. The van der Waals surface area contributed by atoms with Crippen LogP contribution in [-0.4, -0.2) is 0 Å². The van der Waals surface area contributed by atoms with Gasteiger partial charge in [0.05, 0.1) is 0 Å². The minimum atomic E-state index is 0. The van der Waals surface area contributed by atoms with E-state index < -0.39 is 0 Å². The Balaban J connectivity index is 0.000000160. The van der Waals surface area contributed by atoms with E-state index in [-0.39, 0.29) is 20.3 Å². The fourth-order valence-electron chi connectivity index (χ4n) is 3.77. The smallest absolute Gasteiger partial charge is 1.00 e. The van der Waals surface area contributed by atoms with Crippen LogP contribution in [0.2, 0.25) is 0 Å². The molecule has 0 nitrogen and oxygen atoms in total. The molecule has 0 atom stereocenters. The van der Waals surface area contributed by atoms with Gasteiger partial charge in [0.25, 0.3) is 0 Å². The molecule has 0 aliphatic heterocycles. The zero-order valence-electron chi connectivity index (χ0n) is 17.5. The molecule has 0 aliphatic carbocycles. The van der Waals surface area contributed by atoms with E-state index in [2.05, 4.69) is 121 Å². The topological polar surface area (TPSA) is 0 Å². The summed E-state index contributed by atoms with van der Waals surface area (Å²) in [6, 6.07) is 42.8. The van der Waals surface area contributed by atoms with Gasteiger partial charge in [-0.05, 0) is 67.4 Å². The zero-order valence-corrected chi connectivity index (χ0v) is 16.5. The quantitative estimate of drug-likeness (QED) is 0.260. The van der Waals surface area contributed by atoms with Crippen molar-refractivity contribution in [2.45, 2.75) is 0 Å². The van der Waals surface area contributed by atoms with Crippen LogP contribution < -0.4 is 18.9 Å². The SMILES string of the molecule is [H-].[Li+].c1ccc2cc3ccccc3cc2c1.c1ccc2cc3ccccc3cc2c1. The Kier molecular flexibility index (Phi) is 5.68. The number of benzene rings is 6. The van der Waals surface area contributed by atoms with Crippen LogP contribution in [0.3, 0.4) is 0 Å². The van der Waals surface area contributed by atoms with Crippen molar-refractivity contribution in [3.05, 3.63) is 121 Å². The molecule has 6 aromatic carbocycles. The molecule has 0 unspecified atom stereocenters. The largest absolute Gasteiger partial charge is 1.00 e. The maximum Gasteiger partial charge on any atom is 1.00 e. The molecule has 0 radical (unpaired) electrons. The number of rotatable bonds is 0. The molecule has 0 amide bonds. The fraction of sp³-hybridized carbons (Fsp3) is 0. The van der Waals surface area contributed by atoms with Gasteiger partial charge in [-0.15, -0.1) is 0 Å². The first-order valence-corrected chi connectivity index (χ1v) is 9.62. The Bertz CT molecular complexity index is 1100. The Morgan fingerprint density at radius 3 is 0.552 bits per heavy atom. The summed E-state index contributed by atoms with van der Waals surface area (Å²) in [7, 11) is 0. The van der Waals surface area contributed by atoms with Crippen molar-refractivity contribution >= 4 is 43.1 Å². The second-order valence-electron chi connectivity index (χ2n) is 7.09. The molecule has 0 saturated carbocycles. The van der Waals surface area contributed by atoms with E-state index in [1.165, 1.54) is 43.1 Å². The molecule has 0 bridgehead atoms. The molecular weight excluding hydrogens is 343 g/mol. The number of hydrogen-bond acceptors (Lipinski definition) is 0. The number of fused-ring (bicyclic) bond motifs is 4. The fourth-order valence-corrected chi connectivity index (χ4v) is 3.77. The summed E-state index contributed by atoms with van der Waals surface area (Å²) < 4.78 is 0. The zero-order chi connectivity index (χ0) is 18.8.